The van der Waals surface area contributed by atoms with Crippen molar-refractivity contribution in [1.29, 1.82) is 0 Å². The molecule has 25 heavy (non-hydrogen) atoms. The number of Topliss-reactive ketones (excluding diaryl/α,β-unsaturated/α-hetero) is 1. The summed E-state index contributed by atoms with van der Waals surface area (Å²) in [4.78, 5) is 12.6. The number of nitrogens with one attached hydrogen (secondary N) is 1. The minimum Gasteiger partial charge on any atom is -0.292 e. The van der Waals surface area contributed by atoms with Gasteiger partial charge in [-0.2, -0.15) is 10.2 Å². The predicted molar refractivity (Wildman–Crippen MR) is 96.6 cm³/mol. The average molecular weight is 330 g/mol. The van der Waals surface area contributed by atoms with Gasteiger partial charge in [-0.15, -0.1) is 0 Å². The van der Waals surface area contributed by atoms with Crippen LogP contribution in [0.1, 0.15) is 34.6 Å². The van der Waals surface area contributed by atoms with Crippen molar-refractivity contribution in [3.05, 3.63) is 83.8 Å². The van der Waals surface area contributed by atoms with E-state index in [0.29, 0.717) is 5.69 Å². The number of hydrogen-bond donors (Lipinski definition) is 1. The van der Waals surface area contributed by atoms with Gasteiger partial charge in [0.2, 0.25) is 0 Å². The van der Waals surface area contributed by atoms with Crippen molar-refractivity contribution in [2.45, 2.75) is 19.4 Å². The number of carbonyl (C=O) groups is 1. The number of nitrogens with zero attached hydrogens (tertiary/aromatic N) is 3. The summed E-state index contributed by atoms with van der Waals surface area (Å²) in [6.45, 7) is 2.09. The average Bonchev–Trinajstić information content (AvgIpc) is 3.28. The SMILES string of the molecule is CC(c1ccccc1)n1cc(CC(=O)c2n[nH]c3ccccc23)cn1. The molecule has 0 aliphatic rings. The molecule has 0 aliphatic carbocycles. The number of benzene rings is 2. The molecule has 0 bridgehead atoms. The lowest BCUT2D eigenvalue weighted by Crippen LogP contribution is -2.07. The predicted octanol–water partition coefficient (Wildman–Crippen LogP) is 3.79. The first-order chi connectivity index (χ1) is 12.2. The Bertz CT molecular complexity index is 1020. The molecule has 0 saturated heterocycles. The molecule has 2 heterocycles. The van der Waals surface area contributed by atoms with Gasteiger partial charge in [-0.05, 0) is 24.1 Å². The molecule has 4 rings (SSSR count). The van der Waals surface area contributed by atoms with Crippen molar-refractivity contribution in [2.75, 3.05) is 0 Å². The Morgan fingerprint density at radius 1 is 1.12 bits per heavy atom. The highest BCUT2D eigenvalue weighted by Gasteiger charge is 2.16. The van der Waals surface area contributed by atoms with Crippen molar-refractivity contribution in [3.63, 3.8) is 0 Å². The molecule has 0 fully saturated rings. The third-order valence-corrected chi connectivity index (χ3v) is 4.43. The molecule has 4 aromatic rings. The number of carbonyl (C=O) groups excluding carboxylic acids is 1. The van der Waals surface area contributed by atoms with Gasteiger partial charge >= 0.3 is 0 Å². The van der Waals surface area contributed by atoms with E-state index in [1.807, 2.05) is 53.3 Å². The summed E-state index contributed by atoms with van der Waals surface area (Å²) < 4.78 is 1.89. The molecule has 0 radical (unpaired) electrons. The topological polar surface area (TPSA) is 63.6 Å². The molecular weight excluding hydrogens is 312 g/mol. The Kier molecular flexibility index (Phi) is 3.90. The van der Waals surface area contributed by atoms with E-state index in [2.05, 4.69) is 34.4 Å². The Labute approximate surface area is 145 Å². The van der Waals surface area contributed by atoms with E-state index in [0.717, 1.165) is 16.5 Å². The van der Waals surface area contributed by atoms with Crippen molar-refractivity contribution in [2.24, 2.45) is 0 Å². The summed E-state index contributed by atoms with van der Waals surface area (Å²) >= 11 is 0. The van der Waals surface area contributed by atoms with E-state index >= 15 is 0 Å². The normalized spacial score (nSPS) is 12.4. The van der Waals surface area contributed by atoms with Crippen molar-refractivity contribution < 1.29 is 4.79 Å². The van der Waals surface area contributed by atoms with Crippen LogP contribution in [0, 0.1) is 0 Å². The van der Waals surface area contributed by atoms with Gasteiger partial charge in [0.15, 0.2) is 5.78 Å². The molecule has 0 saturated carbocycles. The first-order valence-electron chi connectivity index (χ1n) is 8.26. The molecule has 0 spiro atoms. The van der Waals surface area contributed by atoms with Gasteiger partial charge in [-0.1, -0.05) is 48.5 Å². The molecule has 2 aromatic heterocycles. The monoisotopic (exact) mass is 330 g/mol. The second kappa shape index (κ2) is 6.36. The Balaban J connectivity index is 1.54. The molecule has 5 heteroatoms. The summed E-state index contributed by atoms with van der Waals surface area (Å²) in [5.41, 5.74) is 3.43. The van der Waals surface area contributed by atoms with Crippen molar-refractivity contribution >= 4 is 16.7 Å². The van der Waals surface area contributed by atoms with Crippen LogP contribution in [-0.2, 0) is 6.42 Å². The number of aromatic nitrogens is 4. The van der Waals surface area contributed by atoms with Crippen LogP contribution in [0.2, 0.25) is 0 Å². The van der Waals surface area contributed by atoms with Gasteiger partial charge in [0.05, 0.1) is 17.8 Å². The minimum atomic E-state index is -0.00985. The molecular formula is C20H18N4O. The summed E-state index contributed by atoms with van der Waals surface area (Å²) in [5.74, 6) is -0.00985. The number of aromatic amines is 1. The summed E-state index contributed by atoms with van der Waals surface area (Å²) in [7, 11) is 0. The number of hydrogen-bond acceptors (Lipinski definition) is 3. The van der Waals surface area contributed by atoms with E-state index in [4.69, 9.17) is 0 Å². The van der Waals surface area contributed by atoms with E-state index in [1.165, 1.54) is 5.56 Å². The lowest BCUT2D eigenvalue weighted by atomic mass is 10.1. The Hall–Kier alpha value is -3.21. The summed E-state index contributed by atoms with van der Waals surface area (Å²) in [5, 5.41) is 12.4. The lowest BCUT2D eigenvalue weighted by Gasteiger charge is -2.12. The van der Waals surface area contributed by atoms with Gasteiger partial charge in [-0.3, -0.25) is 14.6 Å². The van der Waals surface area contributed by atoms with Gasteiger partial charge in [0.25, 0.3) is 0 Å². The molecule has 0 aliphatic heterocycles. The Morgan fingerprint density at radius 2 is 1.88 bits per heavy atom. The van der Waals surface area contributed by atoms with E-state index in [-0.39, 0.29) is 18.2 Å². The third-order valence-electron chi connectivity index (χ3n) is 4.43. The largest absolute Gasteiger partial charge is 0.292 e. The van der Waals surface area contributed by atoms with Crippen LogP contribution in [0.25, 0.3) is 10.9 Å². The summed E-state index contributed by atoms with van der Waals surface area (Å²) in [6.07, 6.45) is 3.98. The number of rotatable bonds is 5. The lowest BCUT2D eigenvalue weighted by molar-refractivity contribution is 0.0989. The van der Waals surface area contributed by atoms with Crippen LogP contribution in [-0.4, -0.2) is 25.8 Å². The first-order valence-corrected chi connectivity index (χ1v) is 8.26. The zero-order chi connectivity index (χ0) is 17.2. The van der Waals surface area contributed by atoms with Crippen molar-refractivity contribution in [3.8, 4) is 0 Å². The molecule has 124 valence electrons. The number of ketones is 1. The standard InChI is InChI=1S/C20H18N4O/c1-14(16-7-3-2-4-8-16)24-13-15(12-21-24)11-19(25)20-17-9-5-6-10-18(17)22-23-20/h2-10,12-14H,11H2,1H3,(H,22,23). The highest BCUT2D eigenvalue weighted by atomic mass is 16.1. The van der Waals surface area contributed by atoms with Crippen LogP contribution in [0.3, 0.4) is 0 Å². The first kappa shape index (κ1) is 15.3. The number of H-pyrrole nitrogens is 1. The maximum atomic E-state index is 12.6. The smallest absolute Gasteiger partial charge is 0.188 e. The number of para-hydroxylation sites is 1. The van der Waals surface area contributed by atoms with Crippen LogP contribution in [0.15, 0.2) is 67.0 Å². The van der Waals surface area contributed by atoms with Crippen LogP contribution in [0.4, 0.5) is 0 Å². The maximum Gasteiger partial charge on any atom is 0.188 e. The molecule has 2 aromatic carbocycles. The quantitative estimate of drug-likeness (QED) is 0.566. The zero-order valence-corrected chi connectivity index (χ0v) is 13.9. The fourth-order valence-corrected chi connectivity index (χ4v) is 3.01. The fourth-order valence-electron chi connectivity index (χ4n) is 3.01. The summed E-state index contributed by atoms with van der Waals surface area (Å²) in [6, 6.07) is 18.0. The van der Waals surface area contributed by atoms with Gasteiger partial charge in [0.1, 0.15) is 5.69 Å². The maximum absolute atomic E-state index is 12.6. The zero-order valence-electron chi connectivity index (χ0n) is 13.9. The fraction of sp³-hybridized carbons (Fsp3) is 0.150. The third kappa shape index (κ3) is 2.96. The minimum absolute atomic E-state index is 0.00985. The molecule has 1 N–H and O–H groups in total. The van der Waals surface area contributed by atoms with E-state index in [1.54, 1.807) is 6.20 Å². The Morgan fingerprint density at radius 3 is 2.72 bits per heavy atom. The van der Waals surface area contributed by atoms with Crippen LogP contribution >= 0.6 is 0 Å². The van der Waals surface area contributed by atoms with Crippen molar-refractivity contribution in [1.82, 2.24) is 20.0 Å². The van der Waals surface area contributed by atoms with E-state index in [9.17, 15) is 4.79 Å². The second-order valence-corrected chi connectivity index (χ2v) is 6.13. The van der Waals surface area contributed by atoms with Crippen LogP contribution < -0.4 is 0 Å². The second-order valence-electron chi connectivity index (χ2n) is 6.13. The molecule has 1 unspecified atom stereocenters. The van der Waals surface area contributed by atoms with Gasteiger partial charge in [-0.25, -0.2) is 0 Å². The number of fused-ring (bicyclic) bond motifs is 1. The van der Waals surface area contributed by atoms with E-state index < -0.39 is 0 Å². The molecule has 5 nitrogen and oxygen atoms in total. The van der Waals surface area contributed by atoms with Gasteiger partial charge in [0, 0.05) is 18.0 Å². The highest BCUT2D eigenvalue weighted by Crippen LogP contribution is 2.19. The molecule has 1 atom stereocenters. The van der Waals surface area contributed by atoms with Gasteiger partial charge < -0.3 is 0 Å². The molecule has 0 amide bonds. The van der Waals surface area contributed by atoms with Crippen LogP contribution in [0.5, 0.6) is 0 Å². The highest BCUT2D eigenvalue weighted by molar-refractivity contribution is 6.06.